The van der Waals surface area contributed by atoms with Crippen LogP contribution >= 0.6 is 11.3 Å². The van der Waals surface area contributed by atoms with Crippen LogP contribution in [-0.4, -0.2) is 47.5 Å². The van der Waals surface area contributed by atoms with E-state index < -0.39 is 18.0 Å². The number of piperidine rings is 1. The van der Waals surface area contributed by atoms with Crippen molar-refractivity contribution in [2.45, 2.75) is 24.9 Å². The van der Waals surface area contributed by atoms with E-state index in [-0.39, 0.29) is 11.9 Å². The maximum atomic E-state index is 11.9. The number of carboxylic acids is 1. The molecule has 0 aromatic carbocycles. The number of likely N-dealkylation sites (N-methyl/N-ethyl adjacent to an activating group) is 1. The SMILES string of the molecule is CN1CC(NC(=O)NC(C(=O)O)c2cccs2)CCC1=O. The van der Waals surface area contributed by atoms with E-state index in [0.29, 0.717) is 24.3 Å². The first kappa shape index (κ1) is 15.3. The molecule has 1 aliphatic rings. The predicted octanol–water partition coefficient (Wildman–Crippen LogP) is 0.794. The Bertz CT molecular complexity index is 532. The van der Waals surface area contributed by atoms with Crippen molar-refractivity contribution >= 4 is 29.2 Å². The number of carbonyl (C=O) groups excluding carboxylic acids is 2. The fraction of sp³-hybridized carbons (Fsp3) is 0.462. The van der Waals surface area contributed by atoms with Crippen LogP contribution in [-0.2, 0) is 9.59 Å². The van der Waals surface area contributed by atoms with Gasteiger partial charge in [-0.2, -0.15) is 0 Å². The molecule has 0 spiro atoms. The van der Waals surface area contributed by atoms with E-state index in [0.717, 1.165) is 0 Å². The van der Waals surface area contributed by atoms with Crippen molar-refractivity contribution in [2.75, 3.05) is 13.6 Å². The van der Waals surface area contributed by atoms with Crippen LogP contribution in [0.15, 0.2) is 17.5 Å². The summed E-state index contributed by atoms with van der Waals surface area (Å²) in [5.74, 6) is -1.06. The fourth-order valence-corrected chi connectivity index (χ4v) is 2.97. The maximum absolute atomic E-state index is 11.9. The molecular weight excluding hydrogens is 294 g/mol. The third kappa shape index (κ3) is 3.94. The van der Waals surface area contributed by atoms with Gasteiger partial charge in [0, 0.05) is 30.9 Å². The second-order valence-corrected chi connectivity index (χ2v) is 5.89. The van der Waals surface area contributed by atoms with Gasteiger partial charge in [0.15, 0.2) is 6.04 Å². The van der Waals surface area contributed by atoms with Gasteiger partial charge in [-0.15, -0.1) is 11.3 Å². The Morgan fingerprint density at radius 1 is 1.52 bits per heavy atom. The molecule has 2 heterocycles. The number of hydrogen-bond acceptors (Lipinski definition) is 4. The highest BCUT2D eigenvalue weighted by Gasteiger charge is 2.27. The first-order valence-corrected chi connectivity index (χ1v) is 7.42. The highest BCUT2D eigenvalue weighted by Crippen LogP contribution is 2.19. The van der Waals surface area contributed by atoms with Crippen LogP contribution in [0.5, 0.6) is 0 Å². The third-order valence-electron chi connectivity index (χ3n) is 3.31. The number of aliphatic carboxylic acids is 1. The largest absolute Gasteiger partial charge is 0.479 e. The molecule has 0 saturated carbocycles. The lowest BCUT2D eigenvalue weighted by Crippen LogP contribution is -2.52. The molecule has 0 radical (unpaired) electrons. The normalized spacial score (nSPS) is 20.0. The van der Waals surface area contributed by atoms with Crippen molar-refractivity contribution in [3.05, 3.63) is 22.4 Å². The lowest BCUT2D eigenvalue weighted by Gasteiger charge is -2.30. The predicted molar refractivity (Wildman–Crippen MR) is 77.0 cm³/mol. The Kier molecular flexibility index (Phi) is 4.79. The molecule has 1 fully saturated rings. The van der Waals surface area contributed by atoms with Crippen molar-refractivity contribution in [3.63, 3.8) is 0 Å². The molecular formula is C13H17N3O4S. The van der Waals surface area contributed by atoms with Gasteiger partial charge in [0.2, 0.25) is 5.91 Å². The lowest BCUT2D eigenvalue weighted by molar-refractivity contribution is -0.139. The van der Waals surface area contributed by atoms with Gasteiger partial charge in [0.25, 0.3) is 0 Å². The summed E-state index contributed by atoms with van der Waals surface area (Å²) in [6, 6.07) is 1.63. The van der Waals surface area contributed by atoms with Crippen molar-refractivity contribution in [2.24, 2.45) is 0 Å². The number of thiophene rings is 1. The molecule has 1 aromatic rings. The molecule has 0 bridgehead atoms. The first-order chi connectivity index (χ1) is 9.97. The van der Waals surface area contributed by atoms with Gasteiger partial charge in [0.05, 0.1) is 0 Å². The van der Waals surface area contributed by atoms with E-state index >= 15 is 0 Å². The lowest BCUT2D eigenvalue weighted by atomic mass is 10.1. The average Bonchev–Trinajstić information content (AvgIpc) is 2.93. The van der Waals surface area contributed by atoms with E-state index in [1.165, 1.54) is 11.3 Å². The molecule has 3 amide bonds. The fourth-order valence-electron chi connectivity index (χ4n) is 2.20. The number of rotatable bonds is 4. The number of hydrogen-bond donors (Lipinski definition) is 3. The molecule has 0 aliphatic carbocycles. The average molecular weight is 311 g/mol. The standard InChI is InChI=1S/C13H17N3O4S/c1-16-7-8(4-5-10(16)17)14-13(20)15-11(12(18)19)9-3-2-6-21-9/h2-3,6,8,11H,4-5,7H2,1H3,(H,18,19)(H2,14,15,20). The molecule has 1 aliphatic heterocycles. The minimum Gasteiger partial charge on any atom is -0.479 e. The molecule has 2 rings (SSSR count). The van der Waals surface area contributed by atoms with Gasteiger partial charge in [-0.3, -0.25) is 4.79 Å². The number of nitrogens with zero attached hydrogens (tertiary/aromatic N) is 1. The van der Waals surface area contributed by atoms with Crippen molar-refractivity contribution in [1.29, 1.82) is 0 Å². The summed E-state index contributed by atoms with van der Waals surface area (Å²) in [5, 5.41) is 16.1. The van der Waals surface area contributed by atoms with E-state index in [2.05, 4.69) is 10.6 Å². The Balaban J connectivity index is 1.91. The maximum Gasteiger partial charge on any atom is 0.331 e. The highest BCUT2D eigenvalue weighted by molar-refractivity contribution is 7.10. The molecule has 2 atom stereocenters. The summed E-state index contributed by atoms with van der Waals surface area (Å²) in [4.78, 5) is 36.6. The summed E-state index contributed by atoms with van der Waals surface area (Å²) >= 11 is 1.27. The first-order valence-electron chi connectivity index (χ1n) is 6.54. The van der Waals surface area contributed by atoms with Gasteiger partial charge < -0.3 is 20.6 Å². The van der Waals surface area contributed by atoms with Crippen LogP contribution < -0.4 is 10.6 Å². The quantitative estimate of drug-likeness (QED) is 0.765. The number of carbonyl (C=O) groups is 3. The van der Waals surface area contributed by atoms with E-state index in [1.807, 2.05) is 0 Å². The van der Waals surface area contributed by atoms with Crippen molar-refractivity contribution < 1.29 is 19.5 Å². The Morgan fingerprint density at radius 2 is 2.29 bits per heavy atom. The zero-order valence-electron chi connectivity index (χ0n) is 11.5. The number of carboxylic acid groups (broad SMARTS) is 1. The van der Waals surface area contributed by atoms with Gasteiger partial charge in [-0.05, 0) is 17.9 Å². The van der Waals surface area contributed by atoms with Crippen LogP contribution in [0.3, 0.4) is 0 Å². The minimum absolute atomic E-state index is 0.0513. The zero-order valence-corrected chi connectivity index (χ0v) is 12.4. The summed E-state index contributed by atoms with van der Waals surface area (Å²) in [5.41, 5.74) is 0. The minimum atomic E-state index is -1.11. The molecule has 2 unspecified atom stereocenters. The smallest absolute Gasteiger partial charge is 0.331 e. The third-order valence-corrected chi connectivity index (χ3v) is 4.25. The molecule has 1 aromatic heterocycles. The van der Waals surface area contributed by atoms with Crippen molar-refractivity contribution in [3.8, 4) is 0 Å². The Labute approximate surface area is 125 Å². The monoisotopic (exact) mass is 311 g/mol. The number of amides is 3. The number of urea groups is 1. The molecule has 114 valence electrons. The van der Waals surface area contributed by atoms with Crippen LogP contribution in [0.2, 0.25) is 0 Å². The Hall–Kier alpha value is -2.09. The Morgan fingerprint density at radius 3 is 2.86 bits per heavy atom. The van der Waals surface area contributed by atoms with Crippen LogP contribution in [0.25, 0.3) is 0 Å². The molecule has 21 heavy (non-hydrogen) atoms. The van der Waals surface area contributed by atoms with Crippen LogP contribution in [0.1, 0.15) is 23.8 Å². The van der Waals surface area contributed by atoms with Gasteiger partial charge in [-0.1, -0.05) is 6.07 Å². The van der Waals surface area contributed by atoms with Crippen molar-refractivity contribution in [1.82, 2.24) is 15.5 Å². The molecule has 1 saturated heterocycles. The summed E-state index contributed by atoms with van der Waals surface area (Å²) < 4.78 is 0. The van der Waals surface area contributed by atoms with Crippen LogP contribution in [0, 0.1) is 0 Å². The van der Waals surface area contributed by atoms with E-state index in [1.54, 1.807) is 29.5 Å². The topological polar surface area (TPSA) is 98.7 Å². The van der Waals surface area contributed by atoms with Gasteiger partial charge >= 0.3 is 12.0 Å². The second kappa shape index (κ2) is 6.57. The molecule has 7 nitrogen and oxygen atoms in total. The van der Waals surface area contributed by atoms with Gasteiger partial charge in [-0.25, -0.2) is 9.59 Å². The number of likely N-dealkylation sites (tertiary alicyclic amines) is 1. The number of nitrogens with one attached hydrogen (secondary N) is 2. The summed E-state index contributed by atoms with van der Waals surface area (Å²) in [7, 11) is 1.68. The van der Waals surface area contributed by atoms with Crippen LogP contribution in [0.4, 0.5) is 4.79 Å². The second-order valence-electron chi connectivity index (χ2n) is 4.91. The molecule has 3 N–H and O–H groups in total. The summed E-state index contributed by atoms with van der Waals surface area (Å²) in [6.07, 6.45) is 0.946. The van der Waals surface area contributed by atoms with Gasteiger partial charge in [0.1, 0.15) is 0 Å². The summed E-state index contributed by atoms with van der Waals surface area (Å²) in [6.45, 7) is 0.434. The van der Waals surface area contributed by atoms with E-state index in [9.17, 15) is 19.5 Å². The molecule has 8 heteroatoms. The highest BCUT2D eigenvalue weighted by atomic mass is 32.1. The zero-order chi connectivity index (χ0) is 15.4. The van der Waals surface area contributed by atoms with E-state index in [4.69, 9.17) is 0 Å².